The molecule has 112 valence electrons. The number of aryl methyl sites for hydroxylation is 1. The van der Waals surface area contributed by atoms with E-state index in [4.69, 9.17) is 0 Å². The lowest BCUT2D eigenvalue weighted by Crippen LogP contribution is -2.33. The molecule has 2 rings (SSSR count). The quantitative estimate of drug-likeness (QED) is 0.786. The van der Waals surface area contributed by atoms with Gasteiger partial charge >= 0.3 is 0 Å². The monoisotopic (exact) mass is 289 g/mol. The van der Waals surface area contributed by atoms with Crippen molar-refractivity contribution in [3.63, 3.8) is 0 Å². The molecule has 0 bridgehead atoms. The van der Waals surface area contributed by atoms with E-state index in [2.05, 4.69) is 15.3 Å². The first-order chi connectivity index (χ1) is 9.78. The van der Waals surface area contributed by atoms with Gasteiger partial charge in [0.1, 0.15) is 11.2 Å². The zero-order chi connectivity index (χ0) is 15.6. The topological polar surface area (TPSA) is 95.1 Å². The van der Waals surface area contributed by atoms with Gasteiger partial charge in [0.05, 0.1) is 11.0 Å². The number of aliphatic hydroxyl groups is 1. The SMILES string of the molecule is Cc1ccc2c(=O)c(C(=O)NCCC(C)(C)O)c[nH]c2n1. The van der Waals surface area contributed by atoms with Gasteiger partial charge < -0.3 is 15.4 Å². The Bertz CT molecular complexity index is 729. The number of nitrogens with zero attached hydrogens (tertiary/aromatic N) is 1. The fourth-order valence-electron chi connectivity index (χ4n) is 1.95. The van der Waals surface area contributed by atoms with Crippen LogP contribution in [0.1, 0.15) is 36.3 Å². The number of amides is 1. The van der Waals surface area contributed by atoms with Gasteiger partial charge in [-0.3, -0.25) is 9.59 Å². The van der Waals surface area contributed by atoms with Gasteiger partial charge in [-0.15, -0.1) is 0 Å². The molecule has 0 atom stereocenters. The Morgan fingerprint density at radius 3 is 2.81 bits per heavy atom. The number of aromatic nitrogens is 2. The largest absolute Gasteiger partial charge is 0.390 e. The van der Waals surface area contributed by atoms with E-state index in [0.29, 0.717) is 24.0 Å². The zero-order valence-electron chi connectivity index (χ0n) is 12.4. The third-order valence-corrected chi connectivity index (χ3v) is 3.14. The normalized spacial score (nSPS) is 11.6. The Labute approximate surface area is 122 Å². The molecule has 0 saturated heterocycles. The highest BCUT2D eigenvalue weighted by Crippen LogP contribution is 2.07. The lowest BCUT2D eigenvalue weighted by molar-refractivity contribution is 0.0693. The molecule has 0 fully saturated rings. The minimum atomic E-state index is -0.857. The third kappa shape index (κ3) is 3.66. The van der Waals surface area contributed by atoms with Gasteiger partial charge in [-0.2, -0.15) is 0 Å². The summed E-state index contributed by atoms with van der Waals surface area (Å²) in [5.74, 6) is -0.456. The molecular formula is C15H19N3O3. The number of rotatable bonds is 4. The van der Waals surface area contributed by atoms with Crippen molar-refractivity contribution in [1.29, 1.82) is 0 Å². The van der Waals surface area contributed by atoms with Gasteiger partial charge in [0, 0.05) is 18.4 Å². The lowest BCUT2D eigenvalue weighted by Gasteiger charge is -2.16. The van der Waals surface area contributed by atoms with E-state index in [1.807, 2.05) is 6.92 Å². The molecule has 2 heterocycles. The van der Waals surface area contributed by atoms with Crippen molar-refractivity contribution in [3.8, 4) is 0 Å². The second-order valence-electron chi connectivity index (χ2n) is 5.70. The predicted octanol–water partition coefficient (Wildman–Crippen LogP) is 1.12. The summed E-state index contributed by atoms with van der Waals surface area (Å²) in [4.78, 5) is 31.4. The predicted molar refractivity (Wildman–Crippen MR) is 80.3 cm³/mol. The maximum absolute atomic E-state index is 12.3. The molecule has 0 aliphatic heterocycles. The van der Waals surface area contributed by atoms with Crippen LogP contribution >= 0.6 is 0 Å². The van der Waals surface area contributed by atoms with Gasteiger partial charge in [-0.25, -0.2) is 4.98 Å². The smallest absolute Gasteiger partial charge is 0.256 e. The van der Waals surface area contributed by atoms with Gasteiger partial charge in [-0.1, -0.05) is 0 Å². The molecular weight excluding hydrogens is 270 g/mol. The zero-order valence-corrected chi connectivity index (χ0v) is 12.4. The van der Waals surface area contributed by atoms with Crippen LogP contribution in [0.4, 0.5) is 0 Å². The molecule has 21 heavy (non-hydrogen) atoms. The number of H-pyrrole nitrogens is 1. The van der Waals surface area contributed by atoms with Gasteiger partial charge in [-0.05, 0) is 39.3 Å². The van der Waals surface area contributed by atoms with Crippen LogP contribution in [-0.4, -0.2) is 33.1 Å². The molecule has 6 heteroatoms. The summed E-state index contributed by atoms with van der Waals surface area (Å²) >= 11 is 0. The maximum Gasteiger partial charge on any atom is 0.256 e. The van der Waals surface area contributed by atoms with Crippen LogP contribution in [0, 0.1) is 6.92 Å². The van der Waals surface area contributed by atoms with Crippen molar-refractivity contribution >= 4 is 16.9 Å². The summed E-state index contributed by atoms with van der Waals surface area (Å²) in [5.41, 5.74) is 0.0966. The average molecular weight is 289 g/mol. The number of carbonyl (C=O) groups is 1. The number of hydrogen-bond acceptors (Lipinski definition) is 4. The fourth-order valence-corrected chi connectivity index (χ4v) is 1.95. The summed E-state index contributed by atoms with van der Waals surface area (Å²) in [6, 6.07) is 3.39. The Morgan fingerprint density at radius 1 is 1.43 bits per heavy atom. The van der Waals surface area contributed by atoms with E-state index < -0.39 is 11.5 Å². The second kappa shape index (κ2) is 5.65. The van der Waals surface area contributed by atoms with E-state index >= 15 is 0 Å². The van der Waals surface area contributed by atoms with Crippen molar-refractivity contribution < 1.29 is 9.90 Å². The number of aromatic amines is 1. The Kier molecular flexibility index (Phi) is 4.09. The maximum atomic E-state index is 12.3. The number of pyridine rings is 2. The minimum Gasteiger partial charge on any atom is -0.390 e. The lowest BCUT2D eigenvalue weighted by atomic mass is 10.1. The molecule has 0 aliphatic rings. The van der Waals surface area contributed by atoms with Gasteiger partial charge in [0.25, 0.3) is 5.91 Å². The first-order valence-corrected chi connectivity index (χ1v) is 6.77. The first-order valence-electron chi connectivity index (χ1n) is 6.77. The number of carbonyl (C=O) groups excluding carboxylic acids is 1. The van der Waals surface area contributed by atoms with Crippen molar-refractivity contribution in [1.82, 2.24) is 15.3 Å². The van der Waals surface area contributed by atoms with Crippen LogP contribution in [-0.2, 0) is 0 Å². The van der Waals surface area contributed by atoms with Crippen LogP contribution in [0.25, 0.3) is 11.0 Å². The molecule has 1 amide bonds. The van der Waals surface area contributed by atoms with E-state index in [0.717, 1.165) is 5.69 Å². The minimum absolute atomic E-state index is 0.0453. The summed E-state index contributed by atoms with van der Waals surface area (Å²) in [5, 5.41) is 12.6. The summed E-state index contributed by atoms with van der Waals surface area (Å²) in [6.45, 7) is 5.45. The fraction of sp³-hybridized carbons (Fsp3) is 0.400. The molecule has 2 aromatic rings. The number of fused-ring (bicyclic) bond motifs is 1. The summed E-state index contributed by atoms with van der Waals surface area (Å²) in [7, 11) is 0. The highest BCUT2D eigenvalue weighted by molar-refractivity contribution is 5.96. The molecule has 0 radical (unpaired) electrons. The molecule has 3 N–H and O–H groups in total. The van der Waals surface area contributed by atoms with Crippen LogP contribution in [0.15, 0.2) is 23.1 Å². The van der Waals surface area contributed by atoms with E-state index in [1.54, 1.807) is 26.0 Å². The Hall–Kier alpha value is -2.21. The summed E-state index contributed by atoms with van der Waals surface area (Å²) < 4.78 is 0. The molecule has 0 spiro atoms. The van der Waals surface area contributed by atoms with Crippen LogP contribution in [0.3, 0.4) is 0 Å². The van der Waals surface area contributed by atoms with E-state index in [1.165, 1.54) is 6.20 Å². The molecule has 6 nitrogen and oxygen atoms in total. The van der Waals surface area contributed by atoms with Crippen molar-refractivity contribution in [2.75, 3.05) is 6.54 Å². The van der Waals surface area contributed by atoms with Crippen LogP contribution in [0.2, 0.25) is 0 Å². The molecule has 2 aromatic heterocycles. The number of hydrogen-bond donors (Lipinski definition) is 3. The van der Waals surface area contributed by atoms with E-state index in [9.17, 15) is 14.7 Å². The third-order valence-electron chi connectivity index (χ3n) is 3.14. The van der Waals surface area contributed by atoms with Crippen molar-refractivity contribution in [2.45, 2.75) is 32.8 Å². The van der Waals surface area contributed by atoms with Crippen molar-refractivity contribution in [2.24, 2.45) is 0 Å². The standard InChI is InChI=1S/C15H19N3O3/c1-9-4-5-10-12(19)11(8-17-13(10)18-9)14(20)16-7-6-15(2,3)21/h4-5,8,21H,6-7H2,1-3H3,(H,16,20)(H,17,18,19). The van der Waals surface area contributed by atoms with Crippen LogP contribution < -0.4 is 10.7 Å². The summed E-state index contributed by atoms with van der Waals surface area (Å²) in [6.07, 6.45) is 1.78. The first kappa shape index (κ1) is 15.2. The molecule has 0 aromatic carbocycles. The molecule has 0 unspecified atom stereocenters. The van der Waals surface area contributed by atoms with Crippen LogP contribution in [0.5, 0.6) is 0 Å². The average Bonchev–Trinajstić information content (AvgIpc) is 2.37. The van der Waals surface area contributed by atoms with Gasteiger partial charge in [0.2, 0.25) is 5.43 Å². The Balaban J connectivity index is 2.22. The van der Waals surface area contributed by atoms with Crippen molar-refractivity contribution in [3.05, 3.63) is 39.8 Å². The van der Waals surface area contributed by atoms with Gasteiger partial charge in [0.15, 0.2) is 0 Å². The highest BCUT2D eigenvalue weighted by atomic mass is 16.3. The second-order valence-corrected chi connectivity index (χ2v) is 5.70. The van der Waals surface area contributed by atoms with E-state index in [-0.39, 0.29) is 11.0 Å². The molecule has 0 saturated carbocycles. The molecule has 0 aliphatic carbocycles. The Morgan fingerprint density at radius 2 is 2.14 bits per heavy atom. The number of nitrogens with one attached hydrogen (secondary N) is 2. The highest BCUT2D eigenvalue weighted by Gasteiger charge is 2.16.